The minimum Gasteiger partial charge on any atom is -0.306 e. The highest BCUT2D eigenvalue weighted by atomic mass is 19.4. The molecule has 0 amide bonds. The number of Topliss-reactive ketones (excluding diaryl/α,β-unsaturated/α-hetero) is 1. The van der Waals surface area contributed by atoms with Crippen molar-refractivity contribution in [2.24, 2.45) is 5.41 Å². The van der Waals surface area contributed by atoms with Gasteiger partial charge in [0.2, 0.25) is 0 Å². The van der Waals surface area contributed by atoms with Gasteiger partial charge in [-0.1, -0.05) is 6.42 Å². The molecular weight excluding hydrogens is 183 g/mol. The second-order valence-electron chi connectivity index (χ2n) is 3.89. The summed E-state index contributed by atoms with van der Waals surface area (Å²) in [6.07, 6.45) is -2.22. The summed E-state index contributed by atoms with van der Waals surface area (Å²) in [5.74, 6) is -1.60. The lowest BCUT2D eigenvalue weighted by atomic mass is 9.58. The summed E-state index contributed by atoms with van der Waals surface area (Å²) in [6.45, 7) is 0.569. The van der Waals surface area contributed by atoms with Crippen molar-refractivity contribution in [2.45, 2.75) is 31.5 Å². The van der Waals surface area contributed by atoms with Gasteiger partial charge in [-0.2, -0.15) is 13.2 Å². The van der Waals surface area contributed by atoms with Crippen LogP contribution < -0.4 is 5.32 Å². The van der Waals surface area contributed by atoms with Gasteiger partial charge < -0.3 is 5.32 Å². The fourth-order valence-corrected chi connectivity index (χ4v) is 2.12. The van der Waals surface area contributed by atoms with Crippen LogP contribution in [0.1, 0.15) is 19.3 Å². The highest BCUT2D eigenvalue weighted by molar-refractivity contribution is 5.91. The van der Waals surface area contributed by atoms with Gasteiger partial charge >= 0.3 is 6.18 Å². The molecule has 1 heterocycles. The number of carbonyl (C=O) groups is 1. The lowest BCUT2D eigenvalue weighted by molar-refractivity contribution is -0.184. The summed E-state index contributed by atoms with van der Waals surface area (Å²) in [6, 6.07) is -0.957. The zero-order chi connectivity index (χ0) is 9.69. The van der Waals surface area contributed by atoms with Crippen LogP contribution in [0.25, 0.3) is 0 Å². The number of rotatable bonds is 1. The number of carbonyl (C=O) groups excluding carboxylic acids is 1. The van der Waals surface area contributed by atoms with E-state index in [9.17, 15) is 18.0 Å². The van der Waals surface area contributed by atoms with Crippen molar-refractivity contribution in [3.05, 3.63) is 0 Å². The maximum absolute atomic E-state index is 12.0. The number of nitrogens with one attached hydrogen (secondary N) is 1. The molecule has 1 atom stereocenters. The first-order valence-electron chi connectivity index (χ1n) is 4.30. The van der Waals surface area contributed by atoms with Gasteiger partial charge in [-0.25, -0.2) is 0 Å². The van der Waals surface area contributed by atoms with E-state index in [1.54, 1.807) is 0 Å². The van der Waals surface area contributed by atoms with Gasteiger partial charge in [0.15, 0.2) is 0 Å². The van der Waals surface area contributed by atoms with E-state index in [0.29, 0.717) is 6.54 Å². The third kappa shape index (κ3) is 1.17. The van der Waals surface area contributed by atoms with E-state index < -0.39 is 18.0 Å². The Kier molecular flexibility index (Phi) is 1.71. The van der Waals surface area contributed by atoms with E-state index in [4.69, 9.17) is 0 Å². The SMILES string of the molecule is O=C(C1NCC12CCC2)C(F)(F)F. The van der Waals surface area contributed by atoms with Crippen LogP contribution in [0, 0.1) is 5.41 Å². The largest absolute Gasteiger partial charge is 0.451 e. The molecule has 0 aromatic rings. The molecule has 1 N–H and O–H groups in total. The number of alkyl halides is 3. The summed E-state index contributed by atoms with van der Waals surface area (Å²) in [5.41, 5.74) is -0.341. The second-order valence-corrected chi connectivity index (χ2v) is 3.89. The molecule has 1 unspecified atom stereocenters. The topological polar surface area (TPSA) is 29.1 Å². The van der Waals surface area contributed by atoms with Gasteiger partial charge in [0.05, 0.1) is 6.04 Å². The van der Waals surface area contributed by atoms with Crippen molar-refractivity contribution < 1.29 is 18.0 Å². The first-order chi connectivity index (χ1) is 5.96. The minimum absolute atomic E-state index is 0.341. The number of hydrogen-bond donors (Lipinski definition) is 1. The molecule has 0 bridgehead atoms. The molecule has 0 aromatic carbocycles. The average Bonchev–Trinajstić information content (AvgIpc) is 1.78. The van der Waals surface area contributed by atoms with Gasteiger partial charge in [-0.3, -0.25) is 4.79 Å². The predicted octanol–water partition coefficient (Wildman–Crippen LogP) is 1.26. The minimum atomic E-state index is -4.68. The Labute approximate surface area is 73.5 Å². The molecule has 2 rings (SSSR count). The number of ketones is 1. The fraction of sp³-hybridized carbons (Fsp3) is 0.875. The normalized spacial score (nSPS) is 30.8. The molecular formula is C8H10F3NO. The van der Waals surface area contributed by atoms with Crippen LogP contribution in [-0.4, -0.2) is 24.5 Å². The van der Waals surface area contributed by atoms with Gasteiger partial charge in [0.1, 0.15) is 0 Å². The summed E-state index contributed by atoms with van der Waals surface area (Å²) < 4.78 is 36.1. The third-order valence-corrected chi connectivity index (χ3v) is 3.16. The molecule has 1 saturated heterocycles. The van der Waals surface area contributed by atoms with Crippen molar-refractivity contribution in [1.29, 1.82) is 0 Å². The molecule has 0 radical (unpaired) electrons. The number of halogens is 3. The molecule has 13 heavy (non-hydrogen) atoms. The van der Waals surface area contributed by atoms with Crippen LogP contribution in [0.2, 0.25) is 0 Å². The Bertz CT molecular complexity index is 239. The summed E-state index contributed by atoms with van der Waals surface area (Å²) >= 11 is 0. The molecule has 1 aliphatic carbocycles. The lowest BCUT2D eigenvalue weighted by Crippen LogP contribution is -2.70. The molecule has 2 fully saturated rings. The van der Waals surface area contributed by atoms with Crippen molar-refractivity contribution in [1.82, 2.24) is 5.32 Å². The summed E-state index contributed by atoms with van der Waals surface area (Å²) in [7, 11) is 0. The fourth-order valence-electron chi connectivity index (χ4n) is 2.12. The van der Waals surface area contributed by atoms with Gasteiger partial charge in [-0.15, -0.1) is 0 Å². The Morgan fingerprint density at radius 2 is 2.00 bits per heavy atom. The Hall–Kier alpha value is -0.580. The molecule has 1 saturated carbocycles. The molecule has 2 nitrogen and oxygen atoms in total. The zero-order valence-electron chi connectivity index (χ0n) is 6.95. The lowest BCUT2D eigenvalue weighted by Gasteiger charge is -2.55. The highest BCUT2D eigenvalue weighted by Gasteiger charge is 2.59. The standard InChI is InChI=1S/C8H10F3NO/c9-8(10,11)6(13)5-7(4-12-5)2-1-3-7/h5,12H,1-4H2. The van der Waals surface area contributed by atoms with Gasteiger partial charge in [0, 0.05) is 12.0 Å². The van der Waals surface area contributed by atoms with E-state index >= 15 is 0 Å². The van der Waals surface area contributed by atoms with Crippen LogP contribution in [0.3, 0.4) is 0 Å². The van der Waals surface area contributed by atoms with E-state index in [1.807, 2.05) is 0 Å². The average molecular weight is 193 g/mol. The highest BCUT2D eigenvalue weighted by Crippen LogP contribution is 2.49. The van der Waals surface area contributed by atoms with Crippen molar-refractivity contribution in [2.75, 3.05) is 6.54 Å². The molecule has 74 valence electrons. The third-order valence-electron chi connectivity index (χ3n) is 3.16. The van der Waals surface area contributed by atoms with E-state index in [2.05, 4.69) is 5.32 Å². The van der Waals surface area contributed by atoms with Crippen LogP contribution in [0.4, 0.5) is 13.2 Å². The van der Waals surface area contributed by atoms with Crippen molar-refractivity contribution >= 4 is 5.78 Å². The van der Waals surface area contributed by atoms with Crippen LogP contribution in [-0.2, 0) is 4.79 Å². The van der Waals surface area contributed by atoms with Crippen molar-refractivity contribution in [3.63, 3.8) is 0 Å². The van der Waals surface area contributed by atoms with Gasteiger partial charge in [-0.05, 0) is 12.8 Å². The molecule has 5 heteroatoms. The van der Waals surface area contributed by atoms with Crippen LogP contribution in [0.15, 0.2) is 0 Å². The van der Waals surface area contributed by atoms with Crippen molar-refractivity contribution in [3.8, 4) is 0 Å². The Balaban J connectivity index is 2.06. The second kappa shape index (κ2) is 2.47. The smallest absolute Gasteiger partial charge is 0.306 e. The molecule has 0 aromatic heterocycles. The van der Waals surface area contributed by atoms with E-state index in [-0.39, 0.29) is 5.41 Å². The monoisotopic (exact) mass is 193 g/mol. The molecule has 2 aliphatic rings. The van der Waals surface area contributed by atoms with E-state index in [1.165, 1.54) is 0 Å². The first-order valence-corrected chi connectivity index (χ1v) is 4.30. The quantitative estimate of drug-likeness (QED) is 0.679. The molecule has 1 spiro atoms. The zero-order valence-corrected chi connectivity index (χ0v) is 6.95. The first kappa shape index (κ1) is 8.99. The Morgan fingerprint density at radius 1 is 1.38 bits per heavy atom. The predicted molar refractivity (Wildman–Crippen MR) is 39.1 cm³/mol. The maximum Gasteiger partial charge on any atom is 0.451 e. The van der Waals surface area contributed by atoms with E-state index in [0.717, 1.165) is 19.3 Å². The Morgan fingerprint density at radius 3 is 2.23 bits per heavy atom. The summed E-state index contributed by atoms with van der Waals surface area (Å²) in [5, 5.41) is 2.58. The van der Waals surface area contributed by atoms with Gasteiger partial charge in [0.25, 0.3) is 5.78 Å². The number of hydrogen-bond acceptors (Lipinski definition) is 2. The van der Waals surface area contributed by atoms with Crippen LogP contribution in [0.5, 0.6) is 0 Å². The maximum atomic E-state index is 12.0. The molecule has 1 aliphatic heterocycles. The summed E-state index contributed by atoms with van der Waals surface area (Å²) in [4.78, 5) is 10.9. The van der Waals surface area contributed by atoms with Crippen LogP contribution >= 0.6 is 0 Å².